The van der Waals surface area contributed by atoms with Crippen LogP contribution in [0.3, 0.4) is 0 Å². The Bertz CT molecular complexity index is 41.1. The largest absolute Gasteiger partial charge is 1.00 e. The topological polar surface area (TPSA) is 40.5 Å². The van der Waals surface area contributed by atoms with Crippen molar-refractivity contribution in [3.05, 3.63) is 0 Å². The molecule has 0 atom stereocenters. The van der Waals surface area contributed by atoms with Crippen LogP contribution >= 0.6 is 0 Å². The number of unbranched alkanes of at least 4 members (excludes halogenated alkanes) is 2. The van der Waals surface area contributed by atoms with Gasteiger partial charge in [0.1, 0.15) is 0 Å². The van der Waals surface area contributed by atoms with Crippen LogP contribution in [-0.4, -0.2) is 23.4 Å². The Kier molecular flexibility index (Phi) is 85.2. The Morgan fingerprint density at radius 2 is 1.00 bits per heavy atom. The van der Waals surface area contributed by atoms with Crippen LogP contribution in [0.2, 0.25) is 0 Å². The Balaban J connectivity index is -0.0000000267. The molecule has 0 unspecified atom stereocenters. The Morgan fingerprint density at radius 3 is 1.00 bits per heavy atom. The van der Waals surface area contributed by atoms with E-state index in [1.807, 2.05) is 0 Å². The maximum atomic E-state index is 8.07. The van der Waals surface area contributed by atoms with Crippen LogP contribution in [0.5, 0.6) is 0 Å². The molecule has 0 bridgehead atoms. The first-order chi connectivity index (χ1) is 4.83. The second kappa shape index (κ2) is 37.9. The maximum absolute atomic E-state index is 8.07. The monoisotopic (exact) mass is 266 g/mol. The summed E-state index contributed by atoms with van der Waals surface area (Å²) in [5, 5.41) is 16.1. The van der Waals surface area contributed by atoms with Crippen molar-refractivity contribution in [3.63, 3.8) is 0 Å². The van der Waals surface area contributed by atoms with E-state index in [1.165, 1.54) is 0 Å². The zero-order valence-electron chi connectivity index (χ0n) is 8.39. The number of rotatable bonds is 4. The third kappa shape index (κ3) is 61.1. The van der Waals surface area contributed by atoms with Gasteiger partial charge in [0, 0.05) is 34.9 Å². The minimum Gasteiger partial charge on any atom is -1.00 e. The summed E-state index contributed by atoms with van der Waals surface area (Å²) in [6.45, 7) is 4.79. The van der Waals surface area contributed by atoms with E-state index < -0.39 is 0 Å². The van der Waals surface area contributed by atoms with E-state index in [0.717, 1.165) is 25.7 Å². The summed E-state index contributed by atoms with van der Waals surface area (Å²) in [7, 11) is 0. The fourth-order valence-electron chi connectivity index (χ4n) is 0.316. The van der Waals surface area contributed by atoms with Gasteiger partial charge in [0.25, 0.3) is 0 Å². The Hall–Kier alpha value is 1.21. The van der Waals surface area contributed by atoms with Crippen molar-refractivity contribution in [3.8, 4) is 0 Å². The molecule has 0 aromatic heterocycles. The number of aliphatic hydroxyl groups excluding tert-OH is 2. The average Bonchev–Trinajstić information content (AvgIpc) is 1.93. The van der Waals surface area contributed by atoms with E-state index in [9.17, 15) is 0 Å². The Morgan fingerprint density at radius 1 is 0.769 bits per heavy atom. The average molecular weight is 267 g/mol. The summed E-state index contributed by atoms with van der Waals surface area (Å²) >= 11 is 0. The predicted octanol–water partition coefficient (Wildman–Crippen LogP) is -4.44. The van der Waals surface area contributed by atoms with Gasteiger partial charge >= 0.3 is 0 Å². The summed E-state index contributed by atoms with van der Waals surface area (Å²) in [4.78, 5) is 0. The van der Waals surface area contributed by atoms with E-state index in [4.69, 9.17) is 10.2 Å². The van der Waals surface area contributed by atoms with E-state index >= 15 is 0 Å². The zero-order valence-corrected chi connectivity index (χ0v) is 11.5. The van der Waals surface area contributed by atoms with Gasteiger partial charge in [0.2, 0.25) is 0 Å². The standard InChI is InChI=1S/2C4H10O.2ClH.Ti/c2*1-2-3-4-5;;;/h2*5H,2-4H2,1H3;2*1H;/p-2. The van der Waals surface area contributed by atoms with Crippen LogP contribution in [0.1, 0.15) is 39.5 Å². The number of aliphatic hydroxyl groups is 2. The van der Waals surface area contributed by atoms with Gasteiger partial charge < -0.3 is 35.0 Å². The molecule has 2 N–H and O–H groups in total. The van der Waals surface area contributed by atoms with Gasteiger partial charge in [-0.2, -0.15) is 0 Å². The van der Waals surface area contributed by atoms with Gasteiger partial charge in [-0.1, -0.05) is 26.7 Å². The van der Waals surface area contributed by atoms with Crippen molar-refractivity contribution in [2.45, 2.75) is 39.5 Å². The van der Waals surface area contributed by atoms with Crippen molar-refractivity contribution in [1.29, 1.82) is 0 Å². The van der Waals surface area contributed by atoms with Crippen molar-refractivity contribution in [1.82, 2.24) is 0 Å². The molecule has 0 heterocycles. The van der Waals surface area contributed by atoms with Crippen molar-refractivity contribution in [2.24, 2.45) is 0 Å². The zero-order chi connectivity index (χ0) is 8.24. The fourth-order valence-corrected chi connectivity index (χ4v) is 0.316. The number of hydrogen-bond donors (Lipinski definition) is 2. The molecule has 13 heavy (non-hydrogen) atoms. The van der Waals surface area contributed by atoms with Gasteiger partial charge in [0.05, 0.1) is 0 Å². The second-order valence-electron chi connectivity index (χ2n) is 2.15. The number of hydrogen-bond acceptors (Lipinski definition) is 2. The van der Waals surface area contributed by atoms with Crippen molar-refractivity contribution >= 4 is 0 Å². The number of halogens is 2. The molecule has 0 spiro atoms. The first-order valence-corrected chi connectivity index (χ1v) is 4.05. The van der Waals surface area contributed by atoms with Gasteiger partial charge in [-0.25, -0.2) is 0 Å². The van der Waals surface area contributed by atoms with Gasteiger partial charge in [-0.05, 0) is 12.8 Å². The molecule has 0 amide bonds. The third-order valence-electron chi connectivity index (χ3n) is 1.02. The molecule has 0 rings (SSSR count). The molecular weight excluding hydrogens is 247 g/mol. The quantitative estimate of drug-likeness (QED) is 0.505. The van der Waals surface area contributed by atoms with Gasteiger partial charge in [-0.15, -0.1) is 0 Å². The van der Waals surface area contributed by atoms with E-state index in [2.05, 4.69) is 13.8 Å². The third-order valence-corrected chi connectivity index (χ3v) is 1.02. The Labute approximate surface area is 109 Å². The van der Waals surface area contributed by atoms with E-state index in [1.54, 1.807) is 0 Å². The second-order valence-corrected chi connectivity index (χ2v) is 2.15. The first-order valence-electron chi connectivity index (χ1n) is 4.05. The molecule has 5 heteroatoms. The molecule has 0 saturated carbocycles. The van der Waals surface area contributed by atoms with Gasteiger partial charge in [0.15, 0.2) is 0 Å². The molecule has 0 aromatic rings. The molecule has 0 aliphatic rings. The molecular formula is C8H20Cl2O2Ti-2. The van der Waals surface area contributed by atoms with Crippen LogP contribution < -0.4 is 24.8 Å². The van der Waals surface area contributed by atoms with E-state index in [-0.39, 0.29) is 46.5 Å². The predicted molar refractivity (Wildman–Crippen MR) is 44.0 cm³/mol. The molecule has 0 aliphatic heterocycles. The molecule has 0 aromatic carbocycles. The fraction of sp³-hybridized carbons (Fsp3) is 1.00. The minimum absolute atomic E-state index is 0. The smallest absolute Gasteiger partial charge is 0.0430 e. The van der Waals surface area contributed by atoms with Crippen molar-refractivity contribution < 1.29 is 56.7 Å². The summed E-state index contributed by atoms with van der Waals surface area (Å²) in [5.74, 6) is 0. The molecule has 84 valence electrons. The summed E-state index contributed by atoms with van der Waals surface area (Å²) in [6, 6.07) is 0. The summed E-state index contributed by atoms with van der Waals surface area (Å²) in [6.07, 6.45) is 4.08. The molecule has 0 aliphatic carbocycles. The van der Waals surface area contributed by atoms with Crippen molar-refractivity contribution in [2.75, 3.05) is 13.2 Å². The minimum atomic E-state index is 0. The van der Waals surface area contributed by atoms with Crippen LogP contribution in [0.15, 0.2) is 0 Å². The van der Waals surface area contributed by atoms with Crippen LogP contribution in [0.25, 0.3) is 0 Å². The van der Waals surface area contributed by atoms with Crippen LogP contribution in [-0.2, 0) is 21.7 Å². The summed E-state index contributed by atoms with van der Waals surface area (Å²) < 4.78 is 0. The normalized spacial score (nSPS) is 6.46. The maximum Gasteiger partial charge on any atom is 0.0430 e. The molecule has 0 saturated heterocycles. The molecule has 0 fully saturated rings. The van der Waals surface area contributed by atoms with Crippen LogP contribution in [0, 0.1) is 0 Å². The SMILES string of the molecule is CCCCO.CCCCO.[Cl-].[Cl-].[Ti]. The van der Waals surface area contributed by atoms with E-state index in [0.29, 0.717) is 13.2 Å². The summed E-state index contributed by atoms with van der Waals surface area (Å²) in [5.41, 5.74) is 0. The molecule has 0 radical (unpaired) electrons. The van der Waals surface area contributed by atoms with Gasteiger partial charge in [-0.3, -0.25) is 0 Å². The molecule has 2 nitrogen and oxygen atoms in total. The first kappa shape index (κ1) is 29.2. The van der Waals surface area contributed by atoms with Crippen LogP contribution in [0.4, 0.5) is 0 Å².